The first kappa shape index (κ1) is 13.9. The lowest BCUT2D eigenvalue weighted by Crippen LogP contribution is -2.49. The zero-order chi connectivity index (χ0) is 12.0. The van der Waals surface area contributed by atoms with Crippen LogP contribution in [0, 0.1) is 5.92 Å². The molecule has 0 aliphatic carbocycles. The molecule has 0 aromatic carbocycles. The molecule has 1 saturated heterocycles. The van der Waals surface area contributed by atoms with E-state index < -0.39 is 0 Å². The number of likely N-dealkylation sites (tertiary alicyclic amines) is 1. The van der Waals surface area contributed by atoms with E-state index in [1.807, 2.05) is 7.11 Å². The third-order valence-electron chi connectivity index (χ3n) is 3.54. The summed E-state index contributed by atoms with van der Waals surface area (Å²) in [6.07, 6.45) is 2.46. The summed E-state index contributed by atoms with van der Waals surface area (Å²) in [7, 11) is 1.84. The van der Waals surface area contributed by atoms with Gasteiger partial charge in [0.2, 0.25) is 0 Å². The number of piperidine rings is 1. The maximum absolute atomic E-state index is 5.61. The average Bonchev–Trinajstić information content (AvgIpc) is 2.26. The summed E-state index contributed by atoms with van der Waals surface area (Å²) < 4.78 is 5.61. The van der Waals surface area contributed by atoms with Gasteiger partial charge in [-0.15, -0.1) is 0 Å². The van der Waals surface area contributed by atoms with Crippen LogP contribution in [0.15, 0.2) is 0 Å². The fraction of sp³-hybridized carbons (Fsp3) is 1.00. The van der Waals surface area contributed by atoms with Gasteiger partial charge in [0, 0.05) is 20.2 Å². The molecule has 3 heteroatoms. The van der Waals surface area contributed by atoms with Gasteiger partial charge in [-0.3, -0.25) is 0 Å². The first-order valence-electron chi connectivity index (χ1n) is 6.58. The highest BCUT2D eigenvalue weighted by atomic mass is 16.5. The van der Waals surface area contributed by atoms with Crippen LogP contribution in [0.4, 0.5) is 0 Å². The van der Waals surface area contributed by atoms with Crippen LogP contribution in [0.25, 0.3) is 0 Å². The quantitative estimate of drug-likeness (QED) is 0.749. The number of hydrogen-bond donors (Lipinski definition) is 1. The molecule has 0 aromatic rings. The molecule has 0 spiro atoms. The Balaban J connectivity index is 2.31. The van der Waals surface area contributed by atoms with E-state index in [0.29, 0.717) is 0 Å². The van der Waals surface area contributed by atoms with Crippen LogP contribution in [-0.4, -0.2) is 50.3 Å². The van der Waals surface area contributed by atoms with Gasteiger partial charge >= 0.3 is 0 Å². The van der Waals surface area contributed by atoms with Crippen LogP contribution in [0.3, 0.4) is 0 Å². The van der Waals surface area contributed by atoms with Crippen LogP contribution >= 0.6 is 0 Å². The van der Waals surface area contributed by atoms with Gasteiger partial charge in [0.25, 0.3) is 0 Å². The summed E-state index contributed by atoms with van der Waals surface area (Å²) in [5, 5.41) is 3.41. The van der Waals surface area contributed by atoms with Gasteiger partial charge in [-0.05, 0) is 45.3 Å². The van der Waals surface area contributed by atoms with Gasteiger partial charge in [-0.25, -0.2) is 0 Å². The molecule has 2 atom stereocenters. The van der Waals surface area contributed by atoms with E-state index in [1.54, 1.807) is 0 Å². The molecule has 2 unspecified atom stereocenters. The average molecular weight is 228 g/mol. The highest BCUT2D eigenvalue weighted by Gasteiger charge is 2.30. The SMILES string of the molecule is CCNCC(C)CN1CCCC(C)(OC)C1. The van der Waals surface area contributed by atoms with Crippen molar-refractivity contribution in [1.82, 2.24) is 10.2 Å². The Hall–Kier alpha value is -0.120. The van der Waals surface area contributed by atoms with Gasteiger partial charge in [0.15, 0.2) is 0 Å². The van der Waals surface area contributed by atoms with E-state index in [4.69, 9.17) is 4.74 Å². The molecule has 0 bridgehead atoms. The van der Waals surface area contributed by atoms with E-state index >= 15 is 0 Å². The molecule has 1 N–H and O–H groups in total. The van der Waals surface area contributed by atoms with E-state index in [0.717, 1.165) is 25.6 Å². The third-order valence-corrected chi connectivity index (χ3v) is 3.54. The largest absolute Gasteiger partial charge is 0.377 e. The minimum absolute atomic E-state index is 0.0795. The lowest BCUT2D eigenvalue weighted by molar-refractivity contribution is -0.0531. The zero-order valence-corrected chi connectivity index (χ0v) is 11.4. The highest BCUT2D eigenvalue weighted by molar-refractivity contribution is 4.85. The van der Waals surface area contributed by atoms with Crippen molar-refractivity contribution in [3.05, 3.63) is 0 Å². The van der Waals surface area contributed by atoms with Crippen LogP contribution in [0.1, 0.15) is 33.6 Å². The van der Waals surface area contributed by atoms with Gasteiger partial charge < -0.3 is 15.0 Å². The summed E-state index contributed by atoms with van der Waals surface area (Å²) in [6, 6.07) is 0. The summed E-state index contributed by atoms with van der Waals surface area (Å²) in [5.74, 6) is 0.721. The van der Waals surface area contributed by atoms with Crippen LogP contribution < -0.4 is 5.32 Å². The van der Waals surface area contributed by atoms with Crippen molar-refractivity contribution < 1.29 is 4.74 Å². The number of nitrogens with one attached hydrogen (secondary N) is 1. The first-order valence-corrected chi connectivity index (χ1v) is 6.58. The zero-order valence-electron chi connectivity index (χ0n) is 11.4. The van der Waals surface area contributed by atoms with E-state index in [1.165, 1.54) is 25.9 Å². The molecule has 1 aliphatic heterocycles. The molecule has 1 rings (SSSR count). The predicted molar refractivity (Wildman–Crippen MR) is 68.8 cm³/mol. The smallest absolute Gasteiger partial charge is 0.0777 e. The number of nitrogens with zero attached hydrogens (tertiary/aromatic N) is 1. The molecule has 16 heavy (non-hydrogen) atoms. The Kier molecular flexibility index (Phi) is 5.73. The highest BCUT2D eigenvalue weighted by Crippen LogP contribution is 2.24. The second-order valence-electron chi connectivity index (χ2n) is 5.41. The Bertz CT molecular complexity index is 198. The fourth-order valence-corrected chi connectivity index (χ4v) is 2.53. The maximum atomic E-state index is 5.61. The van der Waals surface area contributed by atoms with Crippen LogP contribution in [-0.2, 0) is 4.74 Å². The molecule has 0 aromatic heterocycles. The number of hydrogen-bond acceptors (Lipinski definition) is 3. The van der Waals surface area contributed by atoms with Crippen molar-refractivity contribution in [2.75, 3.05) is 39.8 Å². The lowest BCUT2D eigenvalue weighted by Gasteiger charge is -2.40. The van der Waals surface area contributed by atoms with Crippen molar-refractivity contribution in [2.24, 2.45) is 5.92 Å². The molecular formula is C13H28N2O. The normalized spacial score (nSPS) is 29.2. The van der Waals surface area contributed by atoms with Crippen LogP contribution in [0.5, 0.6) is 0 Å². The van der Waals surface area contributed by atoms with Gasteiger partial charge in [-0.2, -0.15) is 0 Å². The molecule has 0 radical (unpaired) electrons. The maximum Gasteiger partial charge on any atom is 0.0777 e. The Morgan fingerprint density at radius 2 is 2.25 bits per heavy atom. The summed E-state index contributed by atoms with van der Waals surface area (Å²) in [4.78, 5) is 2.55. The second-order valence-corrected chi connectivity index (χ2v) is 5.41. The molecule has 1 aliphatic rings. The topological polar surface area (TPSA) is 24.5 Å². The molecule has 0 saturated carbocycles. The minimum Gasteiger partial charge on any atom is -0.377 e. The molecule has 1 fully saturated rings. The third kappa shape index (κ3) is 4.40. The van der Waals surface area contributed by atoms with Gasteiger partial charge in [0.05, 0.1) is 5.60 Å². The van der Waals surface area contributed by atoms with Crippen molar-refractivity contribution in [1.29, 1.82) is 0 Å². The van der Waals surface area contributed by atoms with E-state index in [9.17, 15) is 0 Å². The number of methoxy groups -OCH3 is 1. The second kappa shape index (κ2) is 6.58. The van der Waals surface area contributed by atoms with E-state index in [2.05, 4.69) is 31.0 Å². The molecule has 1 heterocycles. The van der Waals surface area contributed by atoms with Gasteiger partial charge in [-0.1, -0.05) is 13.8 Å². The van der Waals surface area contributed by atoms with Crippen LogP contribution in [0.2, 0.25) is 0 Å². The first-order chi connectivity index (χ1) is 7.59. The summed E-state index contributed by atoms with van der Waals surface area (Å²) in [5.41, 5.74) is 0.0795. The molecule has 3 nitrogen and oxygen atoms in total. The molecule has 0 amide bonds. The predicted octanol–water partition coefficient (Wildman–Crippen LogP) is 1.73. The summed E-state index contributed by atoms with van der Waals surface area (Å²) in [6.45, 7) is 12.4. The Morgan fingerprint density at radius 3 is 2.88 bits per heavy atom. The van der Waals surface area contributed by atoms with E-state index in [-0.39, 0.29) is 5.60 Å². The number of ether oxygens (including phenoxy) is 1. The van der Waals surface area contributed by atoms with Crippen molar-refractivity contribution in [3.63, 3.8) is 0 Å². The van der Waals surface area contributed by atoms with Crippen molar-refractivity contribution in [3.8, 4) is 0 Å². The van der Waals surface area contributed by atoms with Gasteiger partial charge in [0.1, 0.15) is 0 Å². The number of rotatable bonds is 6. The van der Waals surface area contributed by atoms with Crippen molar-refractivity contribution >= 4 is 0 Å². The summed E-state index contributed by atoms with van der Waals surface area (Å²) >= 11 is 0. The Labute approximate surface area is 101 Å². The monoisotopic (exact) mass is 228 g/mol. The fourth-order valence-electron chi connectivity index (χ4n) is 2.53. The lowest BCUT2D eigenvalue weighted by atomic mass is 9.94. The Morgan fingerprint density at radius 1 is 1.50 bits per heavy atom. The minimum atomic E-state index is 0.0795. The van der Waals surface area contributed by atoms with Crippen molar-refractivity contribution in [2.45, 2.75) is 39.2 Å². The standard InChI is InChI=1S/C13H28N2O/c1-5-14-9-12(2)10-15-8-6-7-13(3,11-15)16-4/h12,14H,5-11H2,1-4H3. The molecular weight excluding hydrogens is 200 g/mol. The molecule has 96 valence electrons.